The minimum absolute atomic E-state index is 0.108. The summed E-state index contributed by atoms with van der Waals surface area (Å²) in [6.07, 6.45) is 0.739. The highest BCUT2D eigenvalue weighted by molar-refractivity contribution is 5.75. The van der Waals surface area contributed by atoms with Crippen molar-refractivity contribution in [2.75, 3.05) is 26.4 Å². The Hall–Kier alpha value is -3.55. The number of ether oxygens (including phenoxy) is 5. The Bertz CT molecular complexity index is 1040. The van der Waals surface area contributed by atoms with Crippen LogP contribution in [-0.2, 0) is 20.7 Å². The molecule has 34 heavy (non-hydrogen) atoms. The van der Waals surface area contributed by atoms with Crippen molar-refractivity contribution in [3.05, 3.63) is 84.4 Å². The van der Waals surface area contributed by atoms with Gasteiger partial charge in [-0.2, -0.15) is 0 Å². The summed E-state index contributed by atoms with van der Waals surface area (Å²) in [5.41, 5.74) is 1.11. The van der Waals surface area contributed by atoms with Crippen LogP contribution in [0.25, 0.3) is 0 Å². The molecule has 0 unspecified atom stereocenters. The highest BCUT2D eigenvalue weighted by atomic mass is 16.7. The van der Waals surface area contributed by atoms with Gasteiger partial charge in [-0.05, 0) is 60.5 Å². The van der Waals surface area contributed by atoms with E-state index in [1.54, 1.807) is 0 Å². The summed E-state index contributed by atoms with van der Waals surface area (Å²) < 4.78 is 28.1. The number of aliphatic carboxylic acids is 1. The Morgan fingerprint density at radius 3 is 1.88 bits per heavy atom. The van der Waals surface area contributed by atoms with Crippen LogP contribution in [0.2, 0.25) is 0 Å². The van der Waals surface area contributed by atoms with E-state index in [4.69, 9.17) is 28.8 Å². The lowest BCUT2D eigenvalue weighted by atomic mass is 9.99. The lowest BCUT2D eigenvalue weighted by Crippen LogP contribution is -2.48. The molecule has 1 fully saturated rings. The van der Waals surface area contributed by atoms with Crippen molar-refractivity contribution in [2.45, 2.75) is 19.1 Å². The number of rotatable bonds is 10. The monoisotopic (exact) mass is 464 g/mol. The maximum absolute atomic E-state index is 11.2. The smallest absolute Gasteiger partial charge is 0.364 e. The summed E-state index contributed by atoms with van der Waals surface area (Å²) in [7, 11) is 0. The van der Waals surface area contributed by atoms with Crippen LogP contribution in [0.4, 0.5) is 0 Å². The summed E-state index contributed by atoms with van der Waals surface area (Å²) >= 11 is 0. The van der Waals surface area contributed by atoms with Crippen LogP contribution >= 0.6 is 0 Å². The molecule has 1 N–H and O–H groups in total. The lowest BCUT2D eigenvalue weighted by molar-refractivity contribution is -0.270. The summed E-state index contributed by atoms with van der Waals surface area (Å²) in [5.74, 6) is 0.495. The fourth-order valence-corrected chi connectivity index (χ4v) is 3.49. The predicted molar refractivity (Wildman–Crippen MR) is 126 cm³/mol. The molecule has 0 atom stereocenters. The van der Waals surface area contributed by atoms with Gasteiger partial charge < -0.3 is 28.8 Å². The molecular formula is C27H28O7. The molecule has 1 saturated heterocycles. The van der Waals surface area contributed by atoms with Crippen molar-refractivity contribution in [1.82, 2.24) is 0 Å². The summed E-state index contributed by atoms with van der Waals surface area (Å²) in [6.45, 7) is 2.95. The average Bonchev–Trinajstić information content (AvgIpc) is 2.86. The van der Waals surface area contributed by atoms with E-state index in [1.807, 2.05) is 78.9 Å². The summed E-state index contributed by atoms with van der Waals surface area (Å²) in [4.78, 5) is 11.2. The molecule has 0 amide bonds. The van der Waals surface area contributed by atoms with Gasteiger partial charge in [-0.25, -0.2) is 4.79 Å². The molecule has 1 heterocycles. The first-order chi connectivity index (χ1) is 16.5. The predicted octanol–water partition coefficient (Wildman–Crippen LogP) is 4.94. The third kappa shape index (κ3) is 6.50. The number of carbonyl (C=O) groups is 1. The first kappa shape index (κ1) is 23.6. The van der Waals surface area contributed by atoms with E-state index in [0.29, 0.717) is 26.4 Å². The minimum atomic E-state index is -1.55. The van der Waals surface area contributed by atoms with Gasteiger partial charge in [0.15, 0.2) is 0 Å². The average molecular weight is 465 g/mol. The van der Waals surface area contributed by atoms with Crippen LogP contribution in [0, 0.1) is 5.92 Å². The van der Waals surface area contributed by atoms with Gasteiger partial charge in [0.05, 0.1) is 13.2 Å². The number of carboxylic acid groups (broad SMARTS) is 1. The lowest BCUT2D eigenvalue weighted by Gasteiger charge is -2.34. The fourth-order valence-electron chi connectivity index (χ4n) is 3.49. The molecule has 0 saturated carbocycles. The molecule has 4 rings (SSSR count). The van der Waals surface area contributed by atoms with Gasteiger partial charge in [-0.1, -0.05) is 30.3 Å². The van der Waals surface area contributed by atoms with Gasteiger partial charge in [0.1, 0.15) is 36.2 Å². The highest BCUT2D eigenvalue weighted by Crippen LogP contribution is 2.25. The Morgan fingerprint density at radius 1 is 0.824 bits per heavy atom. The molecule has 0 aliphatic carbocycles. The van der Waals surface area contributed by atoms with Crippen molar-refractivity contribution in [3.8, 4) is 23.0 Å². The Balaban J connectivity index is 1.15. The van der Waals surface area contributed by atoms with Crippen LogP contribution in [0.1, 0.15) is 12.5 Å². The standard InChI is InChI=1S/C27H28O7/c1-27(26(28)29)32-18-21(19-33-27)17-20-7-9-22(10-8-20)30-15-16-31-23-11-13-25(14-12-23)34-24-5-3-2-4-6-24/h2-14,21H,15-19H2,1H3,(H,28,29)/t21-,27-. The molecule has 178 valence electrons. The largest absolute Gasteiger partial charge is 0.490 e. The zero-order valence-corrected chi connectivity index (χ0v) is 19.0. The van der Waals surface area contributed by atoms with Gasteiger partial charge >= 0.3 is 5.97 Å². The normalized spacial score (nSPS) is 19.9. The Morgan fingerprint density at radius 2 is 1.32 bits per heavy atom. The van der Waals surface area contributed by atoms with Crippen molar-refractivity contribution in [3.63, 3.8) is 0 Å². The number of benzene rings is 3. The van der Waals surface area contributed by atoms with Crippen LogP contribution < -0.4 is 14.2 Å². The van der Waals surface area contributed by atoms with E-state index in [2.05, 4.69) is 0 Å². The molecule has 0 spiro atoms. The van der Waals surface area contributed by atoms with Gasteiger partial charge in [-0.3, -0.25) is 0 Å². The van der Waals surface area contributed by atoms with E-state index < -0.39 is 11.8 Å². The Labute approximate surface area is 198 Å². The molecule has 0 aromatic heterocycles. The van der Waals surface area contributed by atoms with E-state index in [-0.39, 0.29) is 5.92 Å². The number of hydrogen-bond donors (Lipinski definition) is 1. The zero-order valence-electron chi connectivity index (χ0n) is 19.0. The van der Waals surface area contributed by atoms with Gasteiger partial charge in [0.25, 0.3) is 5.79 Å². The number of carboxylic acids is 1. The van der Waals surface area contributed by atoms with Crippen LogP contribution in [0.3, 0.4) is 0 Å². The quantitative estimate of drug-likeness (QED) is 0.425. The third-order valence-corrected chi connectivity index (χ3v) is 5.45. The Kier molecular flexibility index (Phi) is 7.67. The maximum atomic E-state index is 11.2. The number of hydrogen-bond acceptors (Lipinski definition) is 6. The van der Waals surface area contributed by atoms with E-state index >= 15 is 0 Å². The maximum Gasteiger partial charge on any atom is 0.364 e. The molecule has 7 heteroatoms. The molecule has 3 aromatic carbocycles. The van der Waals surface area contributed by atoms with Crippen LogP contribution in [0.15, 0.2) is 78.9 Å². The van der Waals surface area contributed by atoms with Gasteiger partial charge in [-0.15, -0.1) is 0 Å². The zero-order chi connectivity index (χ0) is 23.8. The third-order valence-electron chi connectivity index (χ3n) is 5.45. The van der Waals surface area contributed by atoms with E-state index in [1.165, 1.54) is 6.92 Å². The van der Waals surface area contributed by atoms with Crippen LogP contribution in [-0.4, -0.2) is 43.3 Å². The van der Waals surface area contributed by atoms with Crippen LogP contribution in [0.5, 0.6) is 23.0 Å². The van der Waals surface area contributed by atoms with E-state index in [0.717, 1.165) is 35.0 Å². The molecule has 1 aliphatic rings. The summed E-state index contributed by atoms with van der Waals surface area (Å²) in [5, 5.41) is 9.14. The van der Waals surface area contributed by atoms with Crippen molar-refractivity contribution in [2.24, 2.45) is 5.92 Å². The van der Waals surface area contributed by atoms with Gasteiger partial charge in [0, 0.05) is 12.8 Å². The highest BCUT2D eigenvalue weighted by Gasteiger charge is 2.40. The number of para-hydroxylation sites is 1. The summed E-state index contributed by atoms with van der Waals surface area (Å²) in [6, 6.07) is 24.9. The topological polar surface area (TPSA) is 83.5 Å². The van der Waals surface area contributed by atoms with Crippen molar-refractivity contribution in [1.29, 1.82) is 0 Å². The van der Waals surface area contributed by atoms with Gasteiger partial charge in [0.2, 0.25) is 0 Å². The second kappa shape index (κ2) is 11.0. The van der Waals surface area contributed by atoms with Crippen molar-refractivity contribution >= 4 is 5.97 Å². The van der Waals surface area contributed by atoms with E-state index in [9.17, 15) is 4.79 Å². The molecular weight excluding hydrogens is 436 g/mol. The molecule has 3 aromatic rings. The minimum Gasteiger partial charge on any atom is -0.490 e. The van der Waals surface area contributed by atoms with Crippen molar-refractivity contribution < 1.29 is 33.6 Å². The second-order valence-electron chi connectivity index (χ2n) is 8.17. The second-order valence-corrected chi connectivity index (χ2v) is 8.17. The first-order valence-corrected chi connectivity index (χ1v) is 11.2. The molecule has 0 bridgehead atoms. The first-order valence-electron chi connectivity index (χ1n) is 11.2. The molecule has 7 nitrogen and oxygen atoms in total. The molecule has 0 radical (unpaired) electrons. The fraction of sp³-hybridized carbons (Fsp3) is 0.296. The molecule has 1 aliphatic heterocycles. The SMILES string of the molecule is C[C@]1(C(=O)O)OC[C@H](Cc2ccc(OCCOc3ccc(Oc4ccccc4)cc3)cc2)CO1.